The third-order valence-corrected chi connectivity index (χ3v) is 5.08. The zero-order chi connectivity index (χ0) is 14.9. The Bertz CT molecular complexity index is 615. The standard InChI is InChI=1S/C15H17F3N2S/c16-15(17,18)11-2-3-13-12(9-11)20-14(21-13)4-1-10-5-7-19-8-6-10/h2-3,9-10,19H,1,4-8H2. The fourth-order valence-corrected chi connectivity index (χ4v) is 3.72. The lowest BCUT2D eigenvalue weighted by atomic mass is 9.93. The summed E-state index contributed by atoms with van der Waals surface area (Å²) in [7, 11) is 0. The van der Waals surface area contributed by atoms with Crippen molar-refractivity contribution in [2.45, 2.75) is 31.9 Å². The quantitative estimate of drug-likeness (QED) is 0.916. The molecule has 0 saturated carbocycles. The second kappa shape index (κ2) is 5.93. The highest BCUT2D eigenvalue weighted by Crippen LogP contribution is 2.33. The molecule has 1 aromatic carbocycles. The summed E-state index contributed by atoms with van der Waals surface area (Å²) in [6.07, 6.45) is 0.0122. The van der Waals surface area contributed by atoms with Crippen molar-refractivity contribution in [1.82, 2.24) is 10.3 Å². The number of aryl methyl sites for hydroxylation is 1. The number of benzene rings is 1. The van der Waals surface area contributed by atoms with Crippen molar-refractivity contribution in [3.05, 3.63) is 28.8 Å². The SMILES string of the molecule is FC(F)(F)c1ccc2sc(CCC3CCNCC3)nc2c1. The maximum atomic E-state index is 12.7. The topological polar surface area (TPSA) is 24.9 Å². The van der Waals surface area contributed by atoms with Crippen LogP contribution in [0.5, 0.6) is 0 Å². The Balaban J connectivity index is 1.71. The molecule has 0 spiro atoms. The highest BCUT2D eigenvalue weighted by atomic mass is 32.1. The van der Waals surface area contributed by atoms with Crippen LogP contribution in [0.1, 0.15) is 29.8 Å². The van der Waals surface area contributed by atoms with E-state index in [1.165, 1.54) is 30.2 Å². The number of hydrogen-bond donors (Lipinski definition) is 1. The molecular formula is C15H17F3N2S. The normalized spacial score (nSPS) is 17.5. The molecule has 2 heterocycles. The van der Waals surface area contributed by atoms with Crippen LogP contribution in [0.15, 0.2) is 18.2 Å². The first-order chi connectivity index (χ1) is 10.0. The number of fused-ring (bicyclic) bond motifs is 1. The number of nitrogens with one attached hydrogen (secondary N) is 1. The summed E-state index contributed by atoms with van der Waals surface area (Å²) < 4.78 is 38.9. The van der Waals surface area contributed by atoms with E-state index in [1.807, 2.05) is 0 Å². The molecule has 0 aliphatic carbocycles. The summed E-state index contributed by atoms with van der Waals surface area (Å²) in [6.45, 7) is 2.14. The number of rotatable bonds is 3. The summed E-state index contributed by atoms with van der Waals surface area (Å²) in [5.41, 5.74) is -0.152. The lowest BCUT2D eigenvalue weighted by molar-refractivity contribution is -0.137. The van der Waals surface area contributed by atoms with Gasteiger partial charge < -0.3 is 5.32 Å². The Hall–Kier alpha value is -1.14. The summed E-state index contributed by atoms with van der Waals surface area (Å²) >= 11 is 1.51. The molecule has 114 valence electrons. The molecule has 1 aromatic heterocycles. The van der Waals surface area contributed by atoms with Crippen molar-refractivity contribution in [2.75, 3.05) is 13.1 Å². The molecule has 0 bridgehead atoms. The van der Waals surface area contributed by atoms with Gasteiger partial charge in [0.05, 0.1) is 20.8 Å². The first-order valence-electron chi connectivity index (χ1n) is 7.20. The number of halogens is 3. The minimum atomic E-state index is -4.30. The highest BCUT2D eigenvalue weighted by molar-refractivity contribution is 7.18. The fraction of sp³-hybridized carbons (Fsp3) is 0.533. The van der Waals surface area contributed by atoms with Gasteiger partial charge in [-0.25, -0.2) is 4.98 Å². The zero-order valence-electron chi connectivity index (χ0n) is 11.5. The molecule has 1 aliphatic heterocycles. The molecule has 6 heteroatoms. The predicted molar refractivity (Wildman–Crippen MR) is 78.5 cm³/mol. The van der Waals surface area contributed by atoms with Crippen molar-refractivity contribution in [2.24, 2.45) is 5.92 Å². The van der Waals surface area contributed by atoms with Crippen LogP contribution >= 0.6 is 11.3 Å². The van der Waals surface area contributed by atoms with Gasteiger partial charge in [0.2, 0.25) is 0 Å². The van der Waals surface area contributed by atoms with Gasteiger partial charge in [-0.05, 0) is 62.9 Å². The van der Waals surface area contributed by atoms with E-state index in [2.05, 4.69) is 10.3 Å². The molecule has 1 saturated heterocycles. The van der Waals surface area contributed by atoms with Gasteiger partial charge in [-0.1, -0.05) is 0 Å². The molecule has 2 aromatic rings. The van der Waals surface area contributed by atoms with Gasteiger partial charge in [0.25, 0.3) is 0 Å². The van der Waals surface area contributed by atoms with Gasteiger partial charge in [-0.3, -0.25) is 0 Å². The molecule has 2 nitrogen and oxygen atoms in total. The van der Waals surface area contributed by atoms with Crippen molar-refractivity contribution in [1.29, 1.82) is 0 Å². The third kappa shape index (κ3) is 3.55. The summed E-state index contributed by atoms with van der Waals surface area (Å²) in [6, 6.07) is 3.82. The number of aromatic nitrogens is 1. The maximum absolute atomic E-state index is 12.7. The lowest BCUT2D eigenvalue weighted by Crippen LogP contribution is -2.27. The summed E-state index contributed by atoms with van der Waals surface area (Å²) in [5.74, 6) is 0.712. The summed E-state index contributed by atoms with van der Waals surface area (Å²) in [5, 5.41) is 4.28. The van der Waals surface area contributed by atoms with Crippen molar-refractivity contribution in [3.8, 4) is 0 Å². The van der Waals surface area contributed by atoms with Crippen LogP contribution < -0.4 is 5.32 Å². The highest BCUT2D eigenvalue weighted by Gasteiger charge is 2.30. The van der Waals surface area contributed by atoms with Crippen molar-refractivity contribution >= 4 is 21.6 Å². The second-order valence-electron chi connectivity index (χ2n) is 5.52. The van der Waals surface area contributed by atoms with Crippen molar-refractivity contribution < 1.29 is 13.2 Å². The van der Waals surface area contributed by atoms with E-state index in [-0.39, 0.29) is 0 Å². The van der Waals surface area contributed by atoms with Crippen LogP contribution in [-0.4, -0.2) is 18.1 Å². The van der Waals surface area contributed by atoms with E-state index in [4.69, 9.17) is 0 Å². The van der Waals surface area contributed by atoms with E-state index >= 15 is 0 Å². The fourth-order valence-electron chi connectivity index (χ4n) is 2.76. The van der Waals surface area contributed by atoms with Crippen LogP contribution in [0, 0.1) is 5.92 Å². The largest absolute Gasteiger partial charge is 0.416 e. The van der Waals surface area contributed by atoms with Crippen LogP contribution in [0.2, 0.25) is 0 Å². The monoisotopic (exact) mass is 314 g/mol. The van der Waals surface area contributed by atoms with Gasteiger partial charge in [0, 0.05) is 0 Å². The molecule has 0 atom stereocenters. The van der Waals surface area contributed by atoms with E-state index < -0.39 is 11.7 Å². The van der Waals surface area contributed by atoms with Gasteiger partial charge in [0.15, 0.2) is 0 Å². The molecule has 1 fully saturated rings. The Morgan fingerprint density at radius 1 is 1.24 bits per heavy atom. The minimum Gasteiger partial charge on any atom is -0.317 e. The van der Waals surface area contributed by atoms with E-state index in [0.717, 1.165) is 47.8 Å². The zero-order valence-corrected chi connectivity index (χ0v) is 12.4. The molecule has 0 unspecified atom stereocenters. The molecule has 21 heavy (non-hydrogen) atoms. The maximum Gasteiger partial charge on any atom is 0.416 e. The minimum absolute atomic E-state index is 0.468. The van der Waals surface area contributed by atoms with E-state index in [9.17, 15) is 13.2 Å². The smallest absolute Gasteiger partial charge is 0.317 e. The average Bonchev–Trinajstić information content (AvgIpc) is 2.87. The predicted octanol–water partition coefficient (Wildman–Crippen LogP) is 4.25. The first-order valence-corrected chi connectivity index (χ1v) is 8.01. The molecule has 3 rings (SSSR count). The Morgan fingerprint density at radius 2 is 2.00 bits per heavy atom. The third-order valence-electron chi connectivity index (χ3n) is 3.98. The van der Waals surface area contributed by atoms with Crippen molar-refractivity contribution in [3.63, 3.8) is 0 Å². The Labute approximate surface area is 125 Å². The van der Waals surface area contributed by atoms with Crippen LogP contribution in [0.4, 0.5) is 13.2 Å². The molecule has 1 aliphatic rings. The van der Waals surface area contributed by atoms with Gasteiger partial charge in [-0.2, -0.15) is 13.2 Å². The molecule has 1 N–H and O–H groups in total. The molecule has 0 amide bonds. The number of alkyl halides is 3. The Morgan fingerprint density at radius 3 is 2.71 bits per heavy atom. The van der Waals surface area contributed by atoms with Crippen LogP contribution in [-0.2, 0) is 12.6 Å². The first kappa shape index (κ1) is 14.8. The van der Waals surface area contributed by atoms with E-state index in [1.54, 1.807) is 0 Å². The Kier molecular flexibility index (Phi) is 4.17. The van der Waals surface area contributed by atoms with Crippen LogP contribution in [0.3, 0.4) is 0 Å². The van der Waals surface area contributed by atoms with Gasteiger partial charge in [0.1, 0.15) is 0 Å². The number of hydrogen-bond acceptors (Lipinski definition) is 3. The van der Waals surface area contributed by atoms with Gasteiger partial charge in [-0.15, -0.1) is 11.3 Å². The lowest BCUT2D eigenvalue weighted by Gasteiger charge is -2.21. The van der Waals surface area contributed by atoms with Crippen LogP contribution in [0.25, 0.3) is 10.2 Å². The average molecular weight is 314 g/mol. The number of piperidine rings is 1. The summed E-state index contributed by atoms with van der Waals surface area (Å²) in [4.78, 5) is 4.37. The number of nitrogens with zero attached hydrogens (tertiary/aromatic N) is 1. The molecule has 0 radical (unpaired) electrons. The molecular weight excluding hydrogens is 297 g/mol. The van der Waals surface area contributed by atoms with E-state index in [0.29, 0.717) is 11.4 Å². The van der Waals surface area contributed by atoms with Gasteiger partial charge >= 0.3 is 6.18 Å². The second-order valence-corrected chi connectivity index (χ2v) is 6.64. The number of thiazole rings is 1.